The van der Waals surface area contributed by atoms with E-state index in [-0.39, 0.29) is 6.10 Å². The summed E-state index contributed by atoms with van der Waals surface area (Å²) >= 11 is 0. The number of hydrogen-bond acceptors (Lipinski definition) is 4. The fraction of sp³-hybridized carbons (Fsp3) is 0.429. The molecule has 0 aliphatic carbocycles. The van der Waals surface area contributed by atoms with E-state index in [1.54, 1.807) is 12.1 Å². The van der Waals surface area contributed by atoms with E-state index in [0.717, 1.165) is 18.4 Å². The number of carbonyl (C=O) groups excluding carboxylic acids is 2. The van der Waals surface area contributed by atoms with Crippen molar-refractivity contribution >= 4 is 23.2 Å². The fourth-order valence-electron chi connectivity index (χ4n) is 2.07. The van der Waals surface area contributed by atoms with Gasteiger partial charge >= 0.3 is 11.8 Å². The maximum atomic E-state index is 11.7. The van der Waals surface area contributed by atoms with Crippen molar-refractivity contribution in [1.82, 2.24) is 5.32 Å². The SMILES string of the molecule is Cc1ccc(NC(=O)C(=O)NCC2CCCO2)c(N)c1. The third-order valence-corrected chi connectivity index (χ3v) is 3.18. The van der Waals surface area contributed by atoms with Crippen molar-refractivity contribution in [3.05, 3.63) is 23.8 Å². The zero-order valence-electron chi connectivity index (χ0n) is 11.4. The van der Waals surface area contributed by atoms with Gasteiger partial charge in [0.1, 0.15) is 0 Å². The summed E-state index contributed by atoms with van der Waals surface area (Å²) in [6.07, 6.45) is 1.91. The van der Waals surface area contributed by atoms with Gasteiger partial charge < -0.3 is 21.1 Å². The molecule has 1 heterocycles. The zero-order valence-corrected chi connectivity index (χ0v) is 11.4. The summed E-state index contributed by atoms with van der Waals surface area (Å²) < 4.78 is 5.37. The summed E-state index contributed by atoms with van der Waals surface area (Å²) in [4.78, 5) is 23.4. The molecule has 2 amide bonds. The van der Waals surface area contributed by atoms with Crippen LogP contribution in [-0.2, 0) is 14.3 Å². The number of carbonyl (C=O) groups is 2. The molecular formula is C14H19N3O3. The number of aryl methyl sites for hydroxylation is 1. The molecule has 6 nitrogen and oxygen atoms in total. The Bertz CT molecular complexity index is 510. The topological polar surface area (TPSA) is 93.5 Å². The predicted molar refractivity (Wildman–Crippen MR) is 76.2 cm³/mol. The van der Waals surface area contributed by atoms with E-state index in [2.05, 4.69) is 10.6 Å². The number of nitrogens with two attached hydrogens (primary N) is 1. The molecule has 1 saturated heterocycles. The quantitative estimate of drug-likeness (QED) is 0.563. The van der Waals surface area contributed by atoms with E-state index in [9.17, 15) is 9.59 Å². The Morgan fingerprint density at radius 2 is 2.20 bits per heavy atom. The molecule has 1 unspecified atom stereocenters. The lowest BCUT2D eigenvalue weighted by Gasteiger charge is -2.11. The largest absolute Gasteiger partial charge is 0.397 e. The molecule has 0 radical (unpaired) electrons. The summed E-state index contributed by atoms with van der Waals surface area (Å²) in [7, 11) is 0. The lowest BCUT2D eigenvalue weighted by Crippen LogP contribution is -2.39. The van der Waals surface area contributed by atoms with Gasteiger partial charge in [-0.1, -0.05) is 6.07 Å². The van der Waals surface area contributed by atoms with Crippen LogP contribution in [0.15, 0.2) is 18.2 Å². The second kappa shape index (κ2) is 6.38. The number of anilines is 2. The predicted octanol–water partition coefficient (Wildman–Crippen LogP) is 0.811. The molecule has 1 atom stereocenters. The van der Waals surface area contributed by atoms with E-state index >= 15 is 0 Å². The third-order valence-electron chi connectivity index (χ3n) is 3.18. The van der Waals surface area contributed by atoms with Crippen LogP contribution in [0.5, 0.6) is 0 Å². The van der Waals surface area contributed by atoms with Crippen molar-refractivity contribution in [1.29, 1.82) is 0 Å². The first-order valence-corrected chi connectivity index (χ1v) is 6.63. The van der Waals surface area contributed by atoms with Gasteiger partial charge in [-0.25, -0.2) is 0 Å². The molecular weight excluding hydrogens is 258 g/mol. The lowest BCUT2D eigenvalue weighted by atomic mass is 10.2. The zero-order chi connectivity index (χ0) is 14.5. The van der Waals surface area contributed by atoms with Gasteiger partial charge in [0, 0.05) is 13.2 Å². The molecule has 0 bridgehead atoms. The van der Waals surface area contributed by atoms with Crippen LogP contribution in [-0.4, -0.2) is 31.1 Å². The number of hydrogen-bond donors (Lipinski definition) is 3. The smallest absolute Gasteiger partial charge is 0.313 e. The van der Waals surface area contributed by atoms with E-state index in [1.165, 1.54) is 0 Å². The number of amides is 2. The first kappa shape index (κ1) is 14.3. The van der Waals surface area contributed by atoms with Gasteiger partial charge in [0.15, 0.2) is 0 Å². The Morgan fingerprint density at radius 3 is 2.85 bits per heavy atom. The maximum absolute atomic E-state index is 11.7. The Morgan fingerprint density at radius 1 is 1.40 bits per heavy atom. The molecule has 0 saturated carbocycles. The van der Waals surface area contributed by atoms with Crippen molar-refractivity contribution in [2.45, 2.75) is 25.9 Å². The molecule has 6 heteroatoms. The second-order valence-electron chi connectivity index (χ2n) is 4.89. The van der Waals surface area contributed by atoms with Crippen molar-refractivity contribution in [3.8, 4) is 0 Å². The molecule has 20 heavy (non-hydrogen) atoms. The fourth-order valence-corrected chi connectivity index (χ4v) is 2.07. The van der Waals surface area contributed by atoms with E-state index in [4.69, 9.17) is 10.5 Å². The second-order valence-corrected chi connectivity index (χ2v) is 4.89. The van der Waals surface area contributed by atoms with E-state index in [1.807, 2.05) is 13.0 Å². The minimum atomic E-state index is -0.724. The molecule has 1 aliphatic rings. The van der Waals surface area contributed by atoms with Crippen LogP contribution in [0.25, 0.3) is 0 Å². The standard InChI is InChI=1S/C14H19N3O3/c1-9-4-5-12(11(15)7-9)17-14(19)13(18)16-8-10-3-2-6-20-10/h4-5,7,10H,2-3,6,8,15H2,1H3,(H,16,18)(H,17,19). The van der Waals surface area contributed by atoms with Crippen molar-refractivity contribution in [2.75, 3.05) is 24.2 Å². The van der Waals surface area contributed by atoms with Crippen LogP contribution in [0.1, 0.15) is 18.4 Å². The highest BCUT2D eigenvalue weighted by atomic mass is 16.5. The highest BCUT2D eigenvalue weighted by Gasteiger charge is 2.19. The van der Waals surface area contributed by atoms with Gasteiger partial charge in [0.05, 0.1) is 17.5 Å². The van der Waals surface area contributed by atoms with Gasteiger partial charge in [-0.3, -0.25) is 9.59 Å². The summed E-state index contributed by atoms with van der Waals surface area (Å²) in [6.45, 7) is 2.97. The van der Waals surface area contributed by atoms with Gasteiger partial charge in [0.2, 0.25) is 0 Å². The molecule has 0 aromatic heterocycles. The Labute approximate surface area is 117 Å². The lowest BCUT2D eigenvalue weighted by molar-refractivity contribution is -0.136. The Hall–Kier alpha value is -2.08. The minimum Gasteiger partial charge on any atom is -0.397 e. The Kier molecular flexibility index (Phi) is 4.57. The molecule has 1 aliphatic heterocycles. The first-order chi connectivity index (χ1) is 9.56. The monoisotopic (exact) mass is 277 g/mol. The Balaban J connectivity index is 1.85. The first-order valence-electron chi connectivity index (χ1n) is 6.63. The normalized spacial score (nSPS) is 17.8. The summed E-state index contributed by atoms with van der Waals surface area (Å²) in [5.74, 6) is -1.40. The molecule has 2 rings (SSSR count). The highest BCUT2D eigenvalue weighted by molar-refractivity contribution is 6.39. The maximum Gasteiger partial charge on any atom is 0.313 e. The van der Waals surface area contributed by atoms with Crippen LogP contribution in [0.3, 0.4) is 0 Å². The van der Waals surface area contributed by atoms with Crippen molar-refractivity contribution in [3.63, 3.8) is 0 Å². The molecule has 108 valence electrons. The number of nitrogen functional groups attached to an aromatic ring is 1. The highest BCUT2D eigenvalue weighted by Crippen LogP contribution is 2.19. The number of ether oxygens (including phenoxy) is 1. The van der Waals surface area contributed by atoms with Crippen LogP contribution >= 0.6 is 0 Å². The molecule has 0 spiro atoms. The third kappa shape index (κ3) is 3.71. The van der Waals surface area contributed by atoms with Crippen LogP contribution < -0.4 is 16.4 Å². The molecule has 1 aromatic carbocycles. The van der Waals surface area contributed by atoms with Gasteiger partial charge in [-0.05, 0) is 37.5 Å². The average Bonchev–Trinajstić information content (AvgIpc) is 2.92. The average molecular weight is 277 g/mol. The van der Waals surface area contributed by atoms with Gasteiger partial charge in [0.25, 0.3) is 0 Å². The van der Waals surface area contributed by atoms with Crippen molar-refractivity contribution < 1.29 is 14.3 Å². The van der Waals surface area contributed by atoms with Crippen molar-refractivity contribution in [2.24, 2.45) is 0 Å². The summed E-state index contributed by atoms with van der Waals surface area (Å²) in [5.41, 5.74) is 7.64. The number of rotatable bonds is 3. The van der Waals surface area contributed by atoms with Crippen LogP contribution in [0.4, 0.5) is 11.4 Å². The van der Waals surface area contributed by atoms with Gasteiger partial charge in [-0.2, -0.15) is 0 Å². The van der Waals surface area contributed by atoms with Gasteiger partial charge in [-0.15, -0.1) is 0 Å². The number of nitrogens with one attached hydrogen (secondary N) is 2. The van der Waals surface area contributed by atoms with Crippen LogP contribution in [0.2, 0.25) is 0 Å². The number of benzene rings is 1. The summed E-state index contributed by atoms with van der Waals surface area (Å²) in [5, 5.41) is 5.05. The summed E-state index contributed by atoms with van der Waals surface area (Å²) in [6, 6.07) is 5.23. The molecule has 4 N–H and O–H groups in total. The molecule has 1 fully saturated rings. The van der Waals surface area contributed by atoms with E-state index < -0.39 is 11.8 Å². The molecule has 1 aromatic rings. The minimum absolute atomic E-state index is 0.0104. The van der Waals surface area contributed by atoms with Crippen LogP contribution in [0, 0.1) is 6.92 Å². The van der Waals surface area contributed by atoms with E-state index in [0.29, 0.717) is 24.5 Å².